The molecule has 0 unspecified atom stereocenters. The number of halogens is 1. The third-order valence-electron chi connectivity index (χ3n) is 4.15. The van der Waals surface area contributed by atoms with E-state index in [1.165, 1.54) is 0 Å². The predicted molar refractivity (Wildman–Crippen MR) is 93.6 cm³/mol. The van der Waals surface area contributed by atoms with Crippen molar-refractivity contribution in [2.24, 2.45) is 0 Å². The Bertz CT molecular complexity index is 755. The van der Waals surface area contributed by atoms with Gasteiger partial charge in [0.1, 0.15) is 0 Å². The molecule has 2 aromatic carbocycles. The van der Waals surface area contributed by atoms with Gasteiger partial charge < -0.3 is 9.84 Å². The number of fused-ring (bicyclic) bond motifs is 1. The van der Waals surface area contributed by atoms with Gasteiger partial charge in [-0.25, -0.2) is 0 Å². The highest BCUT2D eigenvalue weighted by Crippen LogP contribution is 2.23. The average molecular weight is 360 g/mol. The fraction of sp³-hybridized carbons (Fsp3) is 0.263. The second-order valence-electron chi connectivity index (χ2n) is 5.95. The third-order valence-corrected chi connectivity index (χ3v) is 4.40. The molecule has 0 saturated carbocycles. The molecule has 3 rings (SSSR count). The number of ether oxygens (including phenoxy) is 1. The number of carbonyl (C=O) groups excluding carboxylic acids is 2. The second-order valence-corrected chi connectivity index (χ2v) is 6.38. The number of imide groups is 1. The quantitative estimate of drug-likeness (QED) is 0.805. The highest BCUT2D eigenvalue weighted by molar-refractivity contribution is 6.30. The van der Waals surface area contributed by atoms with Crippen LogP contribution >= 0.6 is 11.6 Å². The van der Waals surface area contributed by atoms with Gasteiger partial charge in [0.05, 0.1) is 36.5 Å². The zero-order valence-corrected chi connectivity index (χ0v) is 14.4. The van der Waals surface area contributed by atoms with E-state index >= 15 is 0 Å². The van der Waals surface area contributed by atoms with E-state index in [1.807, 2.05) is 19.1 Å². The molecule has 130 valence electrons. The molecular formula is C19H18ClNO4. The third kappa shape index (κ3) is 3.74. The van der Waals surface area contributed by atoms with Crippen LogP contribution < -0.4 is 0 Å². The summed E-state index contributed by atoms with van der Waals surface area (Å²) < 4.78 is 5.65. The van der Waals surface area contributed by atoms with E-state index in [-0.39, 0.29) is 31.1 Å². The molecule has 0 spiro atoms. The van der Waals surface area contributed by atoms with Crippen molar-refractivity contribution < 1.29 is 19.4 Å². The zero-order valence-electron chi connectivity index (χ0n) is 13.7. The number of benzene rings is 2. The number of carbonyl (C=O) groups is 2. The molecule has 2 atom stereocenters. The lowest BCUT2D eigenvalue weighted by Gasteiger charge is -2.20. The van der Waals surface area contributed by atoms with Gasteiger partial charge in [-0.15, -0.1) is 0 Å². The van der Waals surface area contributed by atoms with Gasteiger partial charge >= 0.3 is 0 Å². The minimum atomic E-state index is -0.961. The molecule has 25 heavy (non-hydrogen) atoms. The SMILES string of the molecule is C[C@H](OC[C@@H](O)CN1C(=O)c2ccccc2C1=O)c1ccc(Cl)cc1. The van der Waals surface area contributed by atoms with Crippen LogP contribution in [0.2, 0.25) is 5.02 Å². The van der Waals surface area contributed by atoms with Gasteiger partial charge in [-0.2, -0.15) is 0 Å². The smallest absolute Gasteiger partial charge is 0.261 e. The van der Waals surface area contributed by atoms with Crippen LogP contribution in [0.3, 0.4) is 0 Å². The molecule has 2 amide bonds. The van der Waals surface area contributed by atoms with Gasteiger partial charge in [0, 0.05) is 5.02 Å². The molecule has 1 aliphatic heterocycles. The molecule has 0 aliphatic carbocycles. The van der Waals surface area contributed by atoms with Gasteiger partial charge in [-0.1, -0.05) is 35.9 Å². The van der Waals surface area contributed by atoms with Crippen LogP contribution in [-0.4, -0.2) is 41.1 Å². The standard InChI is InChI=1S/C19H18ClNO4/c1-12(13-6-8-14(20)9-7-13)25-11-15(22)10-21-18(23)16-4-2-3-5-17(16)19(21)24/h2-9,12,15,22H,10-11H2,1H3/t12-,15-/m0/s1. The number of nitrogens with zero attached hydrogens (tertiary/aromatic N) is 1. The van der Waals surface area contributed by atoms with Crippen LogP contribution in [0.15, 0.2) is 48.5 Å². The Balaban J connectivity index is 1.56. The maximum Gasteiger partial charge on any atom is 0.261 e. The zero-order chi connectivity index (χ0) is 18.0. The van der Waals surface area contributed by atoms with Crippen molar-refractivity contribution in [3.63, 3.8) is 0 Å². The minimum absolute atomic E-state index is 0.0111. The maximum absolute atomic E-state index is 12.3. The Kier molecular flexibility index (Phi) is 5.18. The van der Waals surface area contributed by atoms with E-state index in [0.29, 0.717) is 16.1 Å². The van der Waals surface area contributed by atoms with E-state index in [2.05, 4.69) is 0 Å². The Morgan fingerprint density at radius 1 is 1.04 bits per heavy atom. The first-order valence-corrected chi connectivity index (χ1v) is 8.35. The first-order valence-electron chi connectivity index (χ1n) is 7.97. The second kappa shape index (κ2) is 7.35. The topological polar surface area (TPSA) is 66.8 Å². The number of aliphatic hydroxyl groups excluding tert-OH is 1. The van der Waals surface area contributed by atoms with Gasteiger partial charge in [0.2, 0.25) is 0 Å². The van der Waals surface area contributed by atoms with Crippen LogP contribution in [0.5, 0.6) is 0 Å². The molecule has 1 heterocycles. The first kappa shape index (κ1) is 17.6. The van der Waals surface area contributed by atoms with Crippen molar-refractivity contribution in [3.8, 4) is 0 Å². The summed E-state index contributed by atoms with van der Waals surface area (Å²) in [5.41, 5.74) is 1.67. The van der Waals surface area contributed by atoms with Crippen LogP contribution in [0, 0.1) is 0 Å². The highest BCUT2D eigenvalue weighted by Gasteiger charge is 2.36. The fourth-order valence-corrected chi connectivity index (χ4v) is 2.88. The fourth-order valence-electron chi connectivity index (χ4n) is 2.75. The Morgan fingerprint density at radius 2 is 1.60 bits per heavy atom. The lowest BCUT2D eigenvalue weighted by atomic mass is 10.1. The van der Waals surface area contributed by atoms with Crippen molar-refractivity contribution in [1.29, 1.82) is 0 Å². The molecule has 1 aliphatic rings. The molecular weight excluding hydrogens is 342 g/mol. The van der Waals surface area contributed by atoms with Gasteiger partial charge in [0.15, 0.2) is 0 Å². The lowest BCUT2D eigenvalue weighted by molar-refractivity contribution is -0.0117. The van der Waals surface area contributed by atoms with Crippen molar-refractivity contribution in [3.05, 3.63) is 70.2 Å². The van der Waals surface area contributed by atoms with E-state index in [0.717, 1.165) is 10.5 Å². The molecule has 5 nitrogen and oxygen atoms in total. The number of hydrogen-bond donors (Lipinski definition) is 1. The summed E-state index contributed by atoms with van der Waals surface area (Å²) in [6, 6.07) is 13.9. The summed E-state index contributed by atoms with van der Waals surface area (Å²) in [7, 11) is 0. The van der Waals surface area contributed by atoms with Crippen LogP contribution in [0.1, 0.15) is 39.3 Å². The molecule has 0 aromatic heterocycles. The Morgan fingerprint density at radius 3 is 2.16 bits per heavy atom. The van der Waals surface area contributed by atoms with Gasteiger partial charge in [0.25, 0.3) is 11.8 Å². The van der Waals surface area contributed by atoms with E-state index < -0.39 is 6.10 Å². The molecule has 0 radical (unpaired) electrons. The van der Waals surface area contributed by atoms with Crippen molar-refractivity contribution in [2.45, 2.75) is 19.1 Å². The van der Waals surface area contributed by atoms with Gasteiger partial charge in [-0.3, -0.25) is 14.5 Å². The van der Waals surface area contributed by atoms with E-state index in [4.69, 9.17) is 16.3 Å². The lowest BCUT2D eigenvalue weighted by Crippen LogP contribution is -2.38. The minimum Gasteiger partial charge on any atom is -0.389 e. The summed E-state index contributed by atoms with van der Waals surface area (Å²) in [6.45, 7) is 1.77. The summed E-state index contributed by atoms with van der Waals surface area (Å²) >= 11 is 5.85. The molecule has 0 bridgehead atoms. The largest absolute Gasteiger partial charge is 0.389 e. The predicted octanol–water partition coefficient (Wildman–Crippen LogP) is 3.07. The van der Waals surface area contributed by atoms with Gasteiger partial charge in [-0.05, 0) is 36.8 Å². The Labute approximate surface area is 150 Å². The maximum atomic E-state index is 12.3. The molecule has 2 aromatic rings. The average Bonchev–Trinajstić information content (AvgIpc) is 2.86. The van der Waals surface area contributed by atoms with Crippen molar-refractivity contribution in [1.82, 2.24) is 4.90 Å². The molecule has 6 heteroatoms. The monoisotopic (exact) mass is 359 g/mol. The summed E-state index contributed by atoms with van der Waals surface area (Å²) in [6.07, 6.45) is -1.20. The van der Waals surface area contributed by atoms with Crippen LogP contribution in [0.4, 0.5) is 0 Å². The Hall–Kier alpha value is -2.21. The van der Waals surface area contributed by atoms with E-state index in [9.17, 15) is 14.7 Å². The first-order chi connectivity index (χ1) is 12.0. The molecule has 0 fully saturated rings. The number of amides is 2. The molecule has 0 saturated heterocycles. The number of aliphatic hydroxyl groups is 1. The highest BCUT2D eigenvalue weighted by atomic mass is 35.5. The van der Waals surface area contributed by atoms with Crippen LogP contribution in [0.25, 0.3) is 0 Å². The van der Waals surface area contributed by atoms with E-state index in [1.54, 1.807) is 36.4 Å². The summed E-state index contributed by atoms with van der Waals surface area (Å²) in [5.74, 6) is -0.768. The summed E-state index contributed by atoms with van der Waals surface area (Å²) in [5, 5.41) is 10.8. The number of rotatable bonds is 6. The van der Waals surface area contributed by atoms with Crippen molar-refractivity contribution >= 4 is 23.4 Å². The number of hydrogen-bond acceptors (Lipinski definition) is 4. The van der Waals surface area contributed by atoms with Crippen molar-refractivity contribution in [2.75, 3.05) is 13.2 Å². The van der Waals surface area contributed by atoms with Crippen LogP contribution in [-0.2, 0) is 4.74 Å². The normalized spacial score (nSPS) is 16.0. The number of β-amino-alcohol motifs (C(OH)–C–C–N with tert-alkyl or cyclic N) is 1. The summed E-state index contributed by atoms with van der Waals surface area (Å²) in [4.78, 5) is 25.6. The molecule has 1 N–H and O–H groups in total.